The normalized spacial score (nSPS) is 23.5. The summed E-state index contributed by atoms with van der Waals surface area (Å²) in [7, 11) is -4.81. The summed E-state index contributed by atoms with van der Waals surface area (Å²) in [6.45, 7) is -3.86. The minimum absolute atomic E-state index is 0.00856. The van der Waals surface area contributed by atoms with Crippen molar-refractivity contribution in [2.45, 2.75) is 55.3 Å². The van der Waals surface area contributed by atoms with Gasteiger partial charge in [0.15, 0.2) is 0 Å². The molecule has 0 bridgehead atoms. The third kappa shape index (κ3) is 6.53. The van der Waals surface area contributed by atoms with Crippen molar-refractivity contribution < 1.29 is 64.3 Å². The first-order chi connectivity index (χ1) is 21.0. The highest BCUT2D eigenvalue weighted by molar-refractivity contribution is 7.92. The zero-order chi connectivity index (χ0) is 32.9. The van der Waals surface area contributed by atoms with Crippen LogP contribution in [0.5, 0.6) is 11.5 Å². The monoisotopic (exact) mass is 661 g/mol. The number of benzene rings is 3. The van der Waals surface area contributed by atoms with E-state index in [1.165, 1.54) is 18.2 Å². The van der Waals surface area contributed by atoms with E-state index in [1.807, 2.05) is 0 Å². The number of carboxylic acids is 1. The Kier molecular flexibility index (Phi) is 8.44. The molecule has 0 spiro atoms. The molecule has 242 valence electrons. The minimum Gasteiger partial charge on any atom is -0.486 e. The van der Waals surface area contributed by atoms with Gasteiger partial charge in [-0.1, -0.05) is 12.1 Å². The summed E-state index contributed by atoms with van der Waals surface area (Å²) in [6.07, 6.45) is -9.93. The molecule has 0 aromatic heterocycles. The summed E-state index contributed by atoms with van der Waals surface area (Å²) in [5, 5.41) is 30.2. The number of aliphatic hydroxyl groups is 2. The maximum absolute atomic E-state index is 14.3. The van der Waals surface area contributed by atoms with Gasteiger partial charge < -0.3 is 24.8 Å². The summed E-state index contributed by atoms with van der Waals surface area (Å²) in [5.74, 6) is -2.98. The zero-order valence-corrected chi connectivity index (χ0v) is 23.7. The molecule has 1 aliphatic carbocycles. The smallest absolute Gasteiger partial charge is 0.416 e. The second kappa shape index (κ2) is 11.7. The third-order valence-corrected chi connectivity index (χ3v) is 9.56. The summed E-state index contributed by atoms with van der Waals surface area (Å²) in [5.41, 5.74) is -3.08. The van der Waals surface area contributed by atoms with Gasteiger partial charge in [0.2, 0.25) is 0 Å². The number of nitrogens with zero attached hydrogens (tertiary/aromatic N) is 1. The molecule has 45 heavy (non-hydrogen) atoms. The van der Waals surface area contributed by atoms with Crippen molar-refractivity contribution in [3.8, 4) is 22.6 Å². The first-order valence-corrected chi connectivity index (χ1v) is 14.8. The van der Waals surface area contributed by atoms with Crippen LogP contribution in [0.3, 0.4) is 0 Å². The van der Waals surface area contributed by atoms with Gasteiger partial charge in [-0.2, -0.15) is 22.0 Å². The van der Waals surface area contributed by atoms with Crippen LogP contribution in [0.1, 0.15) is 24.8 Å². The average Bonchev–Trinajstić information content (AvgIpc) is 3.24. The van der Waals surface area contributed by atoms with E-state index in [-0.39, 0.29) is 41.8 Å². The van der Waals surface area contributed by atoms with Crippen molar-refractivity contribution in [1.82, 2.24) is 0 Å². The molecule has 0 amide bonds. The van der Waals surface area contributed by atoms with E-state index in [4.69, 9.17) is 4.74 Å². The van der Waals surface area contributed by atoms with Crippen LogP contribution in [0.2, 0.25) is 0 Å². The SMILES string of the molecule is O=C(O)C1(C[C@H]2CN(S(=O)(=O)c3cccc(C(F)(F)F)c3)c3cc(-c4cc(F)cc(OC(F)F)c4)ccc3O2)C[C@@H](O)[C@@H](O)C1. The van der Waals surface area contributed by atoms with E-state index in [1.54, 1.807) is 0 Å². The molecule has 3 aromatic carbocycles. The molecule has 3 aromatic rings. The van der Waals surface area contributed by atoms with E-state index in [2.05, 4.69) is 4.74 Å². The number of fused-ring (bicyclic) bond motifs is 1. The topological polar surface area (TPSA) is 134 Å². The molecule has 1 heterocycles. The Morgan fingerprint density at radius 2 is 1.71 bits per heavy atom. The van der Waals surface area contributed by atoms with E-state index in [0.29, 0.717) is 18.2 Å². The van der Waals surface area contributed by atoms with Crippen LogP contribution in [0.4, 0.5) is 32.0 Å². The van der Waals surface area contributed by atoms with Gasteiger partial charge in [-0.15, -0.1) is 0 Å². The molecule has 2 aliphatic rings. The van der Waals surface area contributed by atoms with Gasteiger partial charge in [0.25, 0.3) is 10.0 Å². The predicted molar refractivity (Wildman–Crippen MR) is 145 cm³/mol. The quantitative estimate of drug-likeness (QED) is 0.286. The van der Waals surface area contributed by atoms with Crippen molar-refractivity contribution in [3.63, 3.8) is 0 Å². The molecular weight excluding hydrogens is 636 g/mol. The minimum atomic E-state index is -4.88. The Morgan fingerprint density at radius 3 is 2.33 bits per heavy atom. The van der Waals surface area contributed by atoms with Crippen LogP contribution in [-0.4, -0.2) is 61.2 Å². The molecule has 5 rings (SSSR count). The van der Waals surface area contributed by atoms with Crippen molar-refractivity contribution in [1.29, 1.82) is 0 Å². The number of rotatable bonds is 8. The lowest BCUT2D eigenvalue weighted by molar-refractivity contribution is -0.151. The Balaban J connectivity index is 1.60. The molecule has 4 atom stereocenters. The van der Waals surface area contributed by atoms with E-state index < -0.39 is 81.1 Å². The molecule has 1 fully saturated rings. The fraction of sp³-hybridized carbons (Fsp3) is 0.345. The molecule has 0 saturated heterocycles. The van der Waals surface area contributed by atoms with E-state index in [0.717, 1.165) is 28.6 Å². The number of anilines is 1. The second-order valence-corrected chi connectivity index (χ2v) is 12.7. The average molecular weight is 662 g/mol. The number of carboxylic acid groups (broad SMARTS) is 1. The number of carbonyl (C=O) groups is 1. The largest absolute Gasteiger partial charge is 0.486 e. The number of hydrogen-bond acceptors (Lipinski definition) is 7. The van der Waals surface area contributed by atoms with Gasteiger partial charge in [-0.25, -0.2) is 12.8 Å². The predicted octanol–water partition coefficient (Wildman–Crippen LogP) is 5.05. The van der Waals surface area contributed by atoms with Gasteiger partial charge in [0.1, 0.15) is 23.4 Å². The summed E-state index contributed by atoms with van der Waals surface area (Å²) >= 11 is 0. The van der Waals surface area contributed by atoms with Gasteiger partial charge in [0.05, 0.1) is 40.3 Å². The maximum Gasteiger partial charge on any atom is 0.416 e. The van der Waals surface area contributed by atoms with Crippen LogP contribution in [0.15, 0.2) is 65.6 Å². The summed E-state index contributed by atoms with van der Waals surface area (Å²) in [6, 6.07) is 9.52. The molecule has 9 nitrogen and oxygen atoms in total. The van der Waals surface area contributed by atoms with Gasteiger partial charge in [-0.05, 0) is 66.4 Å². The lowest BCUT2D eigenvalue weighted by Gasteiger charge is -2.38. The van der Waals surface area contributed by atoms with Gasteiger partial charge in [0, 0.05) is 12.5 Å². The third-order valence-electron chi connectivity index (χ3n) is 7.79. The standard InChI is InChI=1S/C29H25F6NO8S/c30-18-6-16(7-19(10-18)44-27(31)32)15-4-5-25-22(8-15)36(45(41,42)21-3-1-2-17(9-21)29(33,34)35)14-20(43-25)11-28(26(39)40)12-23(37)24(38)13-28/h1-10,20,23-24,27,37-38H,11-14H2,(H,39,40)/t20-,23-,24+,28?/m0/s1. The number of sulfonamides is 1. The number of aliphatic carboxylic acids is 1. The maximum atomic E-state index is 14.3. The molecule has 16 heteroatoms. The first-order valence-electron chi connectivity index (χ1n) is 13.3. The molecule has 1 aliphatic heterocycles. The Morgan fingerprint density at radius 1 is 1.02 bits per heavy atom. The Labute approximate surface area is 252 Å². The van der Waals surface area contributed by atoms with Gasteiger partial charge in [-0.3, -0.25) is 9.10 Å². The zero-order valence-electron chi connectivity index (χ0n) is 22.9. The summed E-state index contributed by atoms with van der Waals surface area (Å²) in [4.78, 5) is 11.5. The molecule has 3 N–H and O–H groups in total. The van der Waals surface area contributed by atoms with Crippen molar-refractivity contribution >= 4 is 21.7 Å². The first kappa shape index (κ1) is 32.4. The molecule has 0 radical (unpaired) electrons. The fourth-order valence-electron chi connectivity index (χ4n) is 5.71. The number of aliphatic hydroxyl groups excluding tert-OH is 2. The van der Waals surface area contributed by atoms with E-state index in [9.17, 15) is 54.9 Å². The van der Waals surface area contributed by atoms with Crippen LogP contribution < -0.4 is 13.8 Å². The van der Waals surface area contributed by atoms with Crippen molar-refractivity contribution in [2.24, 2.45) is 5.41 Å². The number of hydrogen-bond donors (Lipinski definition) is 3. The lowest BCUT2D eigenvalue weighted by atomic mass is 9.80. The van der Waals surface area contributed by atoms with Crippen molar-refractivity contribution in [3.05, 3.63) is 72.0 Å². The lowest BCUT2D eigenvalue weighted by Crippen LogP contribution is -2.47. The molecule has 1 saturated carbocycles. The van der Waals surface area contributed by atoms with E-state index >= 15 is 0 Å². The molecular formula is C29H25F6NO8S. The number of alkyl halides is 5. The number of halogens is 6. The Hall–Kier alpha value is -4.02. The van der Waals surface area contributed by atoms with Crippen molar-refractivity contribution in [2.75, 3.05) is 10.8 Å². The fourth-order valence-corrected chi connectivity index (χ4v) is 7.25. The van der Waals surface area contributed by atoms with Gasteiger partial charge >= 0.3 is 18.8 Å². The second-order valence-electron chi connectivity index (χ2n) is 10.9. The molecule has 1 unspecified atom stereocenters. The van der Waals surface area contributed by atoms with Crippen LogP contribution >= 0.6 is 0 Å². The Bertz CT molecular complexity index is 1710. The number of ether oxygens (including phenoxy) is 2. The van der Waals surface area contributed by atoms with Crippen LogP contribution in [0, 0.1) is 11.2 Å². The highest BCUT2D eigenvalue weighted by Crippen LogP contribution is 2.47. The van der Waals surface area contributed by atoms with Crippen LogP contribution in [-0.2, 0) is 21.0 Å². The highest BCUT2D eigenvalue weighted by atomic mass is 32.2. The summed E-state index contributed by atoms with van der Waals surface area (Å²) < 4.78 is 119. The van der Waals surface area contributed by atoms with Crippen LogP contribution in [0.25, 0.3) is 11.1 Å². The highest BCUT2D eigenvalue weighted by Gasteiger charge is 2.52.